The lowest BCUT2D eigenvalue weighted by Crippen LogP contribution is -2.50. The molecular weight excluding hydrogens is 314 g/mol. The SMILES string of the molecule is Nc1cnc2ccsc2c1NC1(CO)CCC2(CC1)OCCO2. The molecule has 0 amide bonds. The van der Waals surface area contributed by atoms with E-state index in [0.29, 0.717) is 18.9 Å². The summed E-state index contributed by atoms with van der Waals surface area (Å²) in [5.74, 6) is -0.442. The fraction of sp³-hybridized carbons (Fsp3) is 0.562. The number of pyridine rings is 1. The lowest BCUT2D eigenvalue weighted by molar-refractivity contribution is -0.184. The highest BCUT2D eigenvalue weighted by atomic mass is 32.1. The summed E-state index contributed by atoms with van der Waals surface area (Å²) in [7, 11) is 0. The molecule has 1 saturated carbocycles. The van der Waals surface area contributed by atoms with Crippen LogP contribution in [0.3, 0.4) is 0 Å². The van der Waals surface area contributed by atoms with Crippen molar-refractivity contribution in [2.45, 2.75) is 37.0 Å². The minimum absolute atomic E-state index is 0.0533. The number of anilines is 2. The summed E-state index contributed by atoms with van der Waals surface area (Å²) in [5.41, 5.74) is 8.16. The highest BCUT2D eigenvalue weighted by Gasteiger charge is 2.46. The number of thiophene rings is 1. The molecule has 2 fully saturated rings. The molecule has 2 aromatic rings. The molecule has 4 rings (SSSR count). The van der Waals surface area contributed by atoms with Gasteiger partial charge in [-0.1, -0.05) is 0 Å². The van der Waals surface area contributed by atoms with Crippen molar-refractivity contribution in [3.63, 3.8) is 0 Å². The molecule has 6 nitrogen and oxygen atoms in total. The van der Waals surface area contributed by atoms with Crippen LogP contribution in [0.2, 0.25) is 0 Å². The highest BCUT2D eigenvalue weighted by Crippen LogP contribution is 2.43. The second-order valence-corrected chi connectivity index (χ2v) is 7.31. The fourth-order valence-electron chi connectivity index (χ4n) is 3.54. The van der Waals surface area contributed by atoms with Crippen molar-refractivity contribution in [1.82, 2.24) is 4.98 Å². The van der Waals surface area contributed by atoms with E-state index in [9.17, 15) is 5.11 Å². The molecule has 1 aliphatic carbocycles. The van der Waals surface area contributed by atoms with Gasteiger partial charge in [0.1, 0.15) is 0 Å². The number of hydrogen-bond donors (Lipinski definition) is 3. The van der Waals surface area contributed by atoms with E-state index in [1.54, 1.807) is 17.5 Å². The quantitative estimate of drug-likeness (QED) is 0.798. The number of aliphatic hydroxyl groups excluding tert-OH is 1. The van der Waals surface area contributed by atoms with Gasteiger partial charge >= 0.3 is 0 Å². The fourth-order valence-corrected chi connectivity index (χ4v) is 4.40. The van der Waals surface area contributed by atoms with Crippen LogP contribution in [-0.2, 0) is 9.47 Å². The van der Waals surface area contributed by atoms with E-state index in [-0.39, 0.29) is 6.61 Å². The van der Waals surface area contributed by atoms with Crippen molar-refractivity contribution >= 4 is 32.9 Å². The van der Waals surface area contributed by atoms with Crippen molar-refractivity contribution in [2.24, 2.45) is 0 Å². The molecule has 7 heteroatoms. The molecule has 4 N–H and O–H groups in total. The highest BCUT2D eigenvalue weighted by molar-refractivity contribution is 7.17. The molecule has 124 valence electrons. The molecule has 0 radical (unpaired) electrons. The number of fused-ring (bicyclic) bond motifs is 1. The number of nitrogens with two attached hydrogens (primary N) is 1. The van der Waals surface area contributed by atoms with Crippen LogP contribution < -0.4 is 11.1 Å². The van der Waals surface area contributed by atoms with Gasteiger partial charge in [0.25, 0.3) is 0 Å². The van der Waals surface area contributed by atoms with Crippen molar-refractivity contribution in [1.29, 1.82) is 0 Å². The Morgan fingerprint density at radius 2 is 2.00 bits per heavy atom. The Balaban J connectivity index is 1.60. The Labute approximate surface area is 138 Å². The lowest BCUT2D eigenvalue weighted by atomic mass is 9.79. The number of nitrogens with one attached hydrogen (secondary N) is 1. The minimum Gasteiger partial charge on any atom is -0.396 e. The van der Waals surface area contributed by atoms with E-state index in [0.717, 1.165) is 41.6 Å². The molecule has 2 aliphatic rings. The topological polar surface area (TPSA) is 89.6 Å². The predicted octanol–water partition coefficient (Wildman–Crippen LogP) is 2.34. The number of aliphatic hydroxyl groups is 1. The molecule has 0 aromatic carbocycles. The number of ether oxygens (including phenoxy) is 2. The second-order valence-electron chi connectivity index (χ2n) is 6.39. The molecule has 3 heterocycles. The average Bonchev–Trinajstić information content (AvgIpc) is 3.22. The molecule has 1 saturated heterocycles. The first-order valence-electron chi connectivity index (χ1n) is 7.94. The van der Waals surface area contributed by atoms with Gasteiger partial charge < -0.3 is 25.6 Å². The van der Waals surface area contributed by atoms with Crippen LogP contribution in [0.5, 0.6) is 0 Å². The maximum absolute atomic E-state index is 10.1. The van der Waals surface area contributed by atoms with Crippen molar-refractivity contribution < 1.29 is 14.6 Å². The largest absolute Gasteiger partial charge is 0.396 e. The molecule has 1 spiro atoms. The summed E-state index contributed by atoms with van der Waals surface area (Å²) in [6.07, 6.45) is 4.78. The van der Waals surface area contributed by atoms with E-state index in [1.165, 1.54) is 0 Å². The number of nitrogens with zero attached hydrogens (tertiary/aromatic N) is 1. The van der Waals surface area contributed by atoms with Gasteiger partial charge in [0, 0.05) is 12.8 Å². The van der Waals surface area contributed by atoms with Crippen LogP contribution in [0.1, 0.15) is 25.7 Å². The first-order chi connectivity index (χ1) is 11.2. The molecule has 23 heavy (non-hydrogen) atoms. The van der Waals surface area contributed by atoms with Gasteiger partial charge in [0.15, 0.2) is 5.79 Å². The van der Waals surface area contributed by atoms with Crippen LogP contribution in [0.25, 0.3) is 10.2 Å². The van der Waals surface area contributed by atoms with Gasteiger partial charge in [-0.3, -0.25) is 4.98 Å². The molecule has 0 unspecified atom stereocenters. The van der Waals surface area contributed by atoms with Crippen molar-refractivity contribution in [2.75, 3.05) is 30.9 Å². The summed E-state index contributed by atoms with van der Waals surface area (Å²) in [6.45, 7) is 1.37. The van der Waals surface area contributed by atoms with Crippen LogP contribution in [-0.4, -0.2) is 41.2 Å². The summed E-state index contributed by atoms with van der Waals surface area (Å²) in [6, 6.07) is 1.98. The summed E-state index contributed by atoms with van der Waals surface area (Å²) in [4.78, 5) is 4.34. The van der Waals surface area contributed by atoms with E-state index in [4.69, 9.17) is 15.2 Å². The molecule has 2 aromatic heterocycles. The van der Waals surface area contributed by atoms with Crippen LogP contribution >= 0.6 is 11.3 Å². The third-order valence-electron chi connectivity index (χ3n) is 4.98. The van der Waals surface area contributed by atoms with Crippen molar-refractivity contribution in [3.05, 3.63) is 17.6 Å². The second kappa shape index (κ2) is 5.59. The first-order valence-corrected chi connectivity index (χ1v) is 8.82. The maximum atomic E-state index is 10.1. The third-order valence-corrected chi connectivity index (χ3v) is 5.90. The zero-order valence-electron chi connectivity index (χ0n) is 12.9. The van der Waals surface area contributed by atoms with Crippen LogP contribution in [0, 0.1) is 0 Å². The minimum atomic E-state index is -0.442. The lowest BCUT2D eigenvalue weighted by Gasteiger charge is -2.43. The van der Waals surface area contributed by atoms with Crippen LogP contribution in [0.15, 0.2) is 17.6 Å². The van der Waals surface area contributed by atoms with Gasteiger partial charge in [0.2, 0.25) is 0 Å². The van der Waals surface area contributed by atoms with Gasteiger partial charge in [-0.25, -0.2) is 0 Å². The molecule has 1 aliphatic heterocycles. The number of aromatic nitrogens is 1. The normalized spacial score (nSPS) is 22.7. The monoisotopic (exact) mass is 335 g/mol. The van der Waals surface area contributed by atoms with E-state index in [2.05, 4.69) is 10.3 Å². The Hall–Kier alpha value is -1.41. The summed E-state index contributed by atoms with van der Waals surface area (Å²) < 4.78 is 12.6. The Bertz CT molecular complexity index is 702. The summed E-state index contributed by atoms with van der Waals surface area (Å²) in [5, 5.41) is 15.6. The zero-order chi connectivity index (χ0) is 15.9. The van der Waals surface area contributed by atoms with Crippen LogP contribution in [0.4, 0.5) is 11.4 Å². The van der Waals surface area contributed by atoms with Crippen molar-refractivity contribution in [3.8, 4) is 0 Å². The standard InChI is InChI=1S/C16H21N3O3S/c17-11-9-18-12-1-8-23-14(12)13(11)19-15(10-20)2-4-16(5-3-15)21-6-7-22-16/h1,8-9,20H,2-7,10,17H2,(H,18,19). The van der Waals surface area contributed by atoms with E-state index >= 15 is 0 Å². The Morgan fingerprint density at radius 3 is 2.70 bits per heavy atom. The molecular formula is C16H21N3O3S. The number of nitrogen functional groups attached to an aromatic ring is 1. The Morgan fingerprint density at radius 1 is 1.26 bits per heavy atom. The third kappa shape index (κ3) is 2.57. The smallest absolute Gasteiger partial charge is 0.168 e. The molecule has 0 bridgehead atoms. The summed E-state index contributed by atoms with van der Waals surface area (Å²) >= 11 is 1.61. The van der Waals surface area contributed by atoms with E-state index < -0.39 is 11.3 Å². The van der Waals surface area contributed by atoms with Gasteiger partial charge in [-0.05, 0) is 24.3 Å². The Kier molecular flexibility index (Phi) is 3.68. The number of rotatable bonds is 3. The van der Waals surface area contributed by atoms with Gasteiger partial charge in [0.05, 0.1) is 53.1 Å². The van der Waals surface area contributed by atoms with E-state index in [1.807, 2.05) is 11.4 Å². The zero-order valence-corrected chi connectivity index (χ0v) is 13.7. The predicted molar refractivity (Wildman–Crippen MR) is 90.6 cm³/mol. The maximum Gasteiger partial charge on any atom is 0.168 e. The number of hydrogen-bond acceptors (Lipinski definition) is 7. The van der Waals surface area contributed by atoms with Gasteiger partial charge in [-0.2, -0.15) is 0 Å². The first kappa shape index (κ1) is 15.1. The molecule has 0 atom stereocenters. The van der Waals surface area contributed by atoms with Gasteiger partial charge in [-0.15, -0.1) is 11.3 Å². The average molecular weight is 335 g/mol.